The summed E-state index contributed by atoms with van der Waals surface area (Å²) in [4.78, 5) is 3.62. The highest BCUT2D eigenvalue weighted by atomic mass is 35.5. The fraction of sp³-hybridized carbons (Fsp3) is 0.154. The van der Waals surface area contributed by atoms with Gasteiger partial charge in [0.2, 0.25) is 5.88 Å². The first-order valence-electron chi connectivity index (χ1n) is 5.60. The van der Waals surface area contributed by atoms with Gasteiger partial charge in [-0.1, -0.05) is 17.7 Å². The average Bonchev–Trinajstić information content (AvgIpc) is 2.38. The molecule has 0 aliphatic carbocycles. The second kappa shape index (κ2) is 5.68. The van der Waals surface area contributed by atoms with Crippen LogP contribution >= 0.6 is 11.6 Å². The number of alkyl halides is 3. The molecule has 0 bridgehead atoms. The van der Waals surface area contributed by atoms with Crippen LogP contribution in [0.3, 0.4) is 0 Å². The van der Waals surface area contributed by atoms with Crippen LogP contribution in [0.5, 0.6) is 11.6 Å². The normalized spacial score (nSPS) is 11.4. The van der Waals surface area contributed by atoms with Gasteiger partial charge in [-0.15, -0.1) is 0 Å². The Labute approximate surface area is 118 Å². The Balaban J connectivity index is 2.24. The van der Waals surface area contributed by atoms with Crippen LogP contribution in [0.1, 0.15) is 11.1 Å². The molecule has 0 aliphatic heterocycles. The lowest BCUT2D eigenvalue weighted by Gasteiger charge is -2.11. The molecule has 0 aliphatic rings. The molecule has 0 unspecified atom stereocenters. The van der Waals surface area contributed by atoms with Gasteiger partial charge in [-0.05, 0) is 18.2 Å². The molecule has 2 N–H and O–H groups in total. The van der Waals surface area contributed by atoms with E-state index in [4.69, 9.17) is 22.1 Å². The molecule has 7 heteroatoms. The minimum Gasteiger partial charge on any atom is -0.439 e. The Morgan fingerprint density at radius 3 is 2.50 bits per heavy atom. The van der Waals surface area contributed by atoms with E-state index in [1.54, 1.807) is 12.1 Å². The minimum absolute atomic E-state index is 0.0370. The van der Waals surface area contributed by atoms with Gasteiger partial charge in [0.05, 0.1) is 5.56 Å². The van der Waals surface area contributed by atoms with Crippen molar-refractivity contribution in [2.75, 3.05) is 0 Å². The van der Waals surface area contributed by atoms with Crippen molar-refractivity contribution in [3.05, 3.63) is 52.7 Å². The molecule has 0 spiro atoms. The molecular weight excluding hydrogens is 293 g/mol. The summed E-state index contributed by atoms with van der Waals surface area (Å²) in [7, 11) is 0. The second-order valence-electron chi connectivity index (χ2n) is 3.94. The van der Waals surface area contributed by atoms with E-state index >= 15 is 0 Å². The highest BCUT2D eigenvalue weighted by molar-refractivity contribution is 6.30. The first-order valence-corrected chi connectivity index (χ1v) is 5.97. The third kappa shape index (κ3) is 3.40. The Bertz CT molecular complexity index is 600. The van der Waals surface area contributed by atoms with Gasteiger partial charge in [-0.25, -0.2) is 4.98 Å². The number of nitrogens with two attached hydrogens (primary N) is 1. The number of hydrogen-bond donors (Lipinski definition) is 1. The van der Waals surface area contributed by atoms with Crippen LogP contribution < -0.4 is 10.5 Å². The molecule has 3 nitrogen and oxygen atoms in total. The van der Waals surface area contributed by atoms with Crippen LogP contribution in [-0.4, -0.2) is 4.98 Å². The summed E-state index contributed by atoms with van der Waals surface area (Å²) in [5.41, 5.74) is 5.38. The van der Waals surface area contributed by atoms with Gasteiger partial charge in [-0.2, -0.15) is 13.2 Å². The number of benzene rings is 1. The van der Waals surface area contributed by atoms with Crippen LogP contribution in [0.4, 0.5) is 13.2 Å². The fourth-order valence-corrected chi connectivity index (χ4v) is 1.68. The first kappa shape index (κ1) is 14.6. The number of hydrogen-bond acceptors (Lipinski definition) is 3. The smallest absolute Gasteiger partial charge is 0.417 e. The Morgan fingerprint density at radius 1 is 1.20 bits per heavy atom. The van der Waals surface area contributed by atoms with Gasteiger partial charge in [-0.3, -0.25) is 0 Å². The topological polar surface area (TPSA) is 48.1 Å². The summed E-state index contributed by atoms with van der Waals surface area (Å²) in [5.74, 6) is 0.405. The molecule has 1 aromatic heterocycles. The maximum atomic E-state index is 12.4. The van der Waals surface area contributed by atoms with Crippen molar-refractivity contribution >= 4 is 11.6 Å². The van der Waals surface area contributed by atoms with Crippen LogP contribution in [0.15, 0.2) is 36.5 Å². The molecule has 0 radical (unpaired) electrons. The fourth-order valence-electron chi connectivity index (χ4n) is 1.51. The monoisotopic (exact) mass is 302 g/mol. The highest BCUT2D eigenvalue weighted by Gasteiger charge is 2.30. The summed E-state index contributed by atoms with van der Waals surface area (Å²) >= 11 is 5.84. The van der Waals surface area contributed by atoms with Gasteiger partial charge in [0.25, 0.3) is 0 Å². The SMILES string of the molecule is NCc1ccc(Cl)cc1Oc1ccc(C(F)(F)F)cn1. The van der Waals surface area contributed by atoms with Gasteiger partial charge in [0, 0.05) is 29.4 Å². The molecule has 2 rings (SSSR count). The predicted molar refractivity (Wildman–Crippen MR) is 68.7 cm³/mol. The van der Waals surface area contributed by atoms with Crippen molar-refractivity contribution in [1.82, 2.24) is 4.98 Å². The van der Waals surface area contributed by atoms with E-state index in [0.717, 1.165) is 12.1 Å². The Morgan fingerprint density at radius 2 is 1.95 bits per heavy atom. The maximum absolute atomic E-state index is 12.4. The molecule has 0 saturated heterocycles. The average molecular weight is 303 g/mol. The van der Waals surface area contributed by atoms with Crippen LogP contribution in [-0.2, 0) is 12.7 Å². The molecule has 1 heterocycles. The van der Waals surface area contributed by atoms with Crippen LogP contribution in [0.2, 0.25) is 5.02 Å². The van der Waals surface area contributed by atoms with Crippen molar-refractivity contribution in [1.29, 1.82) is 0 Å². The number of aromatic nitrogens is 1. The lowest BCUT2D eigenvalue weighted by atomic mass is 10.2. The van der Waals surface area contributed by atoms with Gasteiger partial charge < -0.3 is 10.5 Å². The Kier molecular flexibility index (Phi) is 4.15. The second-order valence-corrected chi connectivity index (χ2v) is 4.38. The minimum atomic E-state index is -4.43. The molecule has 2 aromatic rings. The van der Waals surface area contributed by atoms with Crippen molar-refractivity contribution in [3.8, 4) is 11.6 Å². The number of pyridine rings is 1. The standard InChI is InChI=1S/C13H10ClF3N2O/c14-10-3-1-8(6-18)11(5-10)20-12-4-2-9(7-19-12)13(15,16)17/h1-5,7H,6,18H2. The van der Waals surface area contributed by atoms with Gasteiger partial charge in [0.1, 0.15) is 5.75 Å². The van der Waals surface area contributed by atoms with Crippen molar-refractivity contribution in [3.63, 3.8) is 0 Å². The lowest BCUT2D eigenvalue weighted by molar-refractivity contribution is -0.137. The lowest BCUT2D eigenvalue weighted by Crippen LogP contribution is -2.05. The van der Waals surface area contributed by atoms with Crippen molar-refractivity contribution in [2.24, 2.45) is 5.73 Å². The van der Waals surface area contributed by atoms with Crippen LogP contribution in [0.25, 0.3) is 0 Å². The molecule has 106 valence electrons. The number of nitrogens with zero attached hydrogens (tertiary/aromatic N) is 1. The molecule has 0 amide bonds. The molecule has 20 heavy (non-hydrogen) atoms. The van der Waals surface area contributed by atoms with Gasteiger partial charge in [0.15, 0.2) is 0 Å². The summed E-state index contributed by atoms with van der Waals surface area (Å²) in [6, 6.07) is 6.90. The highest BCUT2D eigenvalue weighted by Crippen LogP contribution is 2.31. The third-order valence-electron chi connectivity index (χ3n) is 2.53. The van der Waals surface area contributed by atoms with Crippen molar-refractivity contribution in [2.45, 2.75) is 12.7 Å². The quantitative estimate of drug-likeness (QED) is 0.932. The van der Waals surface area contributed by atoms with Crippen molar-refractivity contribution < 1.29 is 17.9 Å². The zero-order valence-corrected chi connectivity index (χ0v) is 10.9. The summed E-state index contributed by atoms with van der Waals surface area (Å²) in [6.07, 6.45) is -3.72. The van der Waals surface area contributed by atoms with E-state index < -0.39 is 11.7 Å². The predicted octanol–water partition coefficient (Wildman–Crippen LogP) is 4.00. The maximum Gasteiger partial charge on any atom is 0.417 e. The zero-order valence-electron chi connectivity index (χ0n) is 10.1. The van der Waals surface area contributed by atoms with E-state index in [1.807, 2.05) is 0 Å². The zero-order chi connectivity index (χ0) is 14.8. The van der Waals surface area contributed by atoms with E-state index in [9.17, 15) is 13.2 Å². The summed E-state index contributed by atoms with van der Waals surface area (Å²) in [6.45, 7) is 0.215. The molecule has 1 aromatic carbocycles. The Hall–Kier alpha value is -1.79. The first-order chi connectivity index (χ1) is 9.40. The van der Waals surface area contributed by atoms with E-state index in [-0.39, 0.29) is 12.4 Å². The van der Waals surface area contributed by atoms with E-state index in [0.29, 0.717) is 22.5 Å². The third-order valence-corrected chi connectivity index (χ3v) is 2.76. The number of rotatable bonds is 3. The van der Waals surface area contributed by atoms with Gasteiger partial charge >= 0.3 is 6.18 Å². The van der Waals surface area contributed by atoms with E-state index in [2.05, 4.69) is 4.98 Å². The molecule has 0 atom stereocenters. The number of halogens is 4. The summed E-state index contributed by atoms with van der Waals surface area (Å²) in [5, 5.41) is 0.434. The van der Waals surface area contributed by atoms with E-state index in [1.165, 1.54) is 6.07 Å². The largest absolute Gasteiger partial charge is 0.439 e. The number of ether oxygens (including phenoxy) is 1. The molecule has 0 fully saturated rings. The molecular formula is C13H10ClF3N2O. The van der Waals surface area contributed by atoms with Crippen LogP contribution in [0, 0.1) is 0 Å². The molecule has 0 saturated carbocycles. The summed E-state index contributed by atoms with van der Waals surface area (Å²) < 4.78 is 42.6.